The summed E-state index contributed by atoms with van der Waals surface area (Å²) in [5.41, 5.74) is 1.71. The highest BCUT2D eigenvalue weighted by Crippen LogP contribution is 2.15. The van der Waals surface area contributed by atoms with Crippen molar-refractivity contribution in [2.75, 3.05) is 7.11 Å². The third-order valence-electron chi connectivity index (χ3n) is 2.55. The van der Waals surface area contributed by atoms with Crippen molar-refractivity contribution >= 4 is 0 Å². The van der Waals surface area contributed by atoms with E-state index < -0.39 is 0 Å². The predicted octanol–water partition coefficient (Wildman–Crippen LogP) is 1.74. The number of aromatic amines is 1. The van der Waals surface area contributed by atoms with Crippen LogP contribution in [-0.4, -0.2) is 16.7 Å². The summed E-state index contributed by atoms with van der Waals surface area (Å²) in [6.45, 7) is 2.02. The first kappa shape index (κ1) is 10.5. The summed E-state index contributed by atoms with van der Waals surface area (Å²) in [5.74, 6) is 0.783. The van der Waals surface area contributed by atoms with E-state index in [0.717, 1.165) is 23.6 Å². The van der Waals surface area contributed by atoms with Crippen molar-refractivity contribution in [2.45, 2.75) is 13.3 Å². The summed E-state index contributed by atoms with van der Waals surface area (Å²) < 4.78 is 6.74. The second kappa shape index (κ2) is 4.26. The number of H-pyrrole nitrogens is 1. The fourth-order valence-corrected chi connectivity index (χ4v) is 1.68. The first-order chi connectivity index (χ1) is 7.76. The minimum atomic E-state index is -0.109. The molecule has 0 aliphatic rings. The molecule has 0 amide bonds. The SMILES string of the molecule is CCc1c[nH]c(=O)n1-c1ccc(OC)cc1. The van der Waals surface area contributed by atoms with Crippen LogP contribution < -0.4 is 10.4 Å². The summed E-state index contributed by atoms with van der Waals surface area (Å²) in [4.78, 5) is 14.3. The van der Waals surface area contributed by atoms with Gasteiger partial charge in [0.25, 0.3) is 0 Å². The van der Waals surface area contributed by atoms with Crippen molar-refractivity contribution in [1.82, 2.24) is 9.55 Å². The average molecular weight is 218 g/mol. The molecular formula is C12H14N2O2. The lowest BCUT2D eigenvalue weighted by atomic mass is 10.3. The largest absolute Gasteiger partial charge is 0.497 e. The fraction of sp³-hybridized carbons (Fsp3) is 0.250. The minimum Gasteiger partial charge on any atom is -0.497 e. The van der Waals surface area contributed by atoms with Crippen molar-refractivity contribution in [3.05, 3.63) is 46.6 Å². The van der Waals surface area contributed by atoms with Gasteiger partial charge in [0, 0.05) is 11.9 Å². The highest BCUT2D eigenvalue weighted by atomic mass is 16.5. The van der Waals surface area contributed by atoms with E-state index >= 15 is 0 Å². The Morgan fingerprint density at radius 1 is 1.31 bits per heavy atom. The molecule has 1 N–H and O–H groups in total. The second-order valence-corrected chi connectivity index (χ2v) is 3.47. The lowest BCUT2D eigenvalue weighted by molar-refractivity contribution is 0.414. The summed E-state index contributed by atoms with van der Waals surface area (Å²) in [6, 6.07) is 7.42. The van der Waals surface area contributed by atoms with Crippen LogP contribution in [0.3, 0.4) is 0 Å². The maximum atomic E-state index is 11.6. The molecule has 84 valence electrons. The number of nitrogens with one attached hydrogen (secondary N) is 1. The topological polar surface area (TPSA) is 47.0 Å². The van der Waals surface area contributed by atoms with E-state index in [1.54, 1.807) is 17.9 Å². The molecule has 2 rings (SSSR count). The molecular weight excluding hydrogens is 204 g/mol. The number of aromatic nitrogens is 2. The Morgan fingerprint density at radius 2 is 2.00 bits per heavy atom. The van der Waals surface area contributed by atoms with Crippen molar-refractivity contribution < 1.29 is 4.74 Å². The van der Waals surface area contributed by atoms with Gasteiger partial charge >= 0.3 is 5.69 Å². The molecule has 4 heteroatoms. The molecule has 0 saturated heterocycles. The average Bonchev–Trinajstić information content (AvgIpc) is 2.70. The summed E-state index contributed by atoms with van der Waals surface area (Å²) in [7, 11) is 1.62. The van der Waals surface area contributed by atoms with Crippen LogP contribution in [0.25, 0.3) is 5.69 Å². The Kier molecular flexibility index (Phi) is 2.81. The first-order valence-corrected chi connectivity index (χ1v) is 5.20. The number of rotatable bonds is 3. The van der Waals surface area contributed by atoms with Gasteiger partial charge in [0.05, 0.1) is 12.8 Å². The molecule has 0 bridgehead atoms. The van der Waals surface area contributed by atoms with E-state index in [9.17, 15) is 4.79 Å². The van der Waals surface area contributed by atoms with Crippen LogP contribution >= 0.6 is 0 Å². The van der Waals surface area contributed by atoms with Gasteiger partial charge in [0.15, 0.2) is 0 Å². The maximum Gasteiger partial charge on any atom is 0.330 e. The van der Waals surface area contributed by atoms with E-state index in [1.165, 1.54) is 0 Å². The van der Waals surface area contributed by atoms with Crippen LogP contribution in [0.4, 0.5) is 0 Å². The van der Waals surface area contributed by atoms with Crippen LogP contribution in [0.5, 0.6) is 5.75 Å². The van der Waals surface area contributed by atoms with Crippen LogP contribution in [0, 0.1) is 0 Å². The summed E-state index contributed by atoms with van der Waals surface area (Å²) >= 11 is 0. The van der Waals surface area contributed by atoms with E-state index in [-0.39, 0.29) is 5.69 Å². The molecule has 1 aromatic heterocycles. The number of imidazole rings is 1. The van der Waals surface area contributed by atoms with Gasteiger partial charge in [0.2, 0.25) is 0 Å². The molecule has 0 aliphatic carbocycles. The Morgan fingerprint density at radius 3 is 2.56 bits per heavy atom. The van der Waals surface area contributed by atoms with Gasteiger partial charge in [0.1, 0.15) is 5.75 Å². The lowest BCUT2D eigenvalue weighted by Crippen LogP contribution is -2.16. The quantitative estimate of drug-likeness (QED) is 0.853. The molecule has 0 saturated carbocycles. The van der Waals surface area contributed by atoms with E-state index in [0.29, 0.717) is 0 Å². The maximum absolute atomic E-state index is 11.6. The number of methoxy groups -OCH3 is 1. The Bertz CT molecular complexity index is 523. The summed E-state index contributed by atoms with van der Waals surface area (Å²) in [6.07, 6.45) is 2.55. The fourth-order valence-electron chi connectivity index (χ4n) is 1.68. The number of ether oxygens (including phenoxy) is 1. The van der Waals surface area contributed by atoms with E-state index in [4.69, 9.17) is 4.74 Å². The molecule has 0 fully saturated rings. The van der Waals surface area contributed by atoms with Gasteiger partial charge in [-0.15, -0.1) is 0 Å². The van der Waals surface area contributed by atoms with Crippen molar-refractivity contribution in [3.8, 4) is 11.4 Å². The number of aryl methyl sites for hydroxylation is 1. The number of hydrogen-bond donors (Lipinski definition) is 1. The monoisotopic (exact) mass is 218 g/mol. The number of nitrogens with zero attached hydrogens (tertiary/aromatic N) is 1. The zero-order valence-corrected chi connectivity index (χ0v) is 9.36. The van der Waals surface area contributed by atoms with E-state index in [1.807, 2.05) is 31.2 Å². The van der Waals surface area contributed by atoms with Crippen LogP contribution in [0.1, 0.15) is 12.6 Å². The van der Waals surface area contributed by atoms with Gasteiger partial charge in [-0.3, -0.25) is 4.57 Å². The van der Waals surface area contributed by atoms with Crippen molar-refractivity contribution in [1.29, 1.82) is 0 Å². The van der Waals surface area contributed by atoms with Crippen molar-refractivity contribution in [3.63, 3.8) is 0 Å². The van der Waals surface area contributed by atoms with Gasteiger partial charge in [-0.05, 0) is 30.7 Å². The number of benzene rings is 1. The van der Waals surface area contributed by atoms with Crippen LogP contribution in [-0.2, 0) is 6.42 Å². The number of hydrogen-bond acceptors (Lipinski definition) is 2. The molecule has 16 heavy (non-hydrogen) atoms. The van der Waals surface area contributed by atoms with Gasteiger partial charge in [-0.2, -0.15) is 0 Å². The van der Waals surface area contributed by atoms with E-state index in [2.05, 4.69) is 4.98 Å². The normalized spacial score (nSPS) is 10.4. The predicted molar refractivity (Wildman–Crippen MR) is 62.3 cm³/mol. The van der Waals surface area contributed by atoms with Crippen LogP contribution in [0.15, 0.2) is 35.3 Å². The minimum absolute atomic E-state index is 0.109. The Hall–Kier alpha value is -1.97. The molecule has 2 aromatic rings. The summed E-state index contributed by atoms with van der Waals surface area (Å²) in [5, 5.41) is 0. The van der Waals surface area contributed by atoms with Gasteiger partial charge < -0.3 is 9.72 Å². The Balaban J connectivity index is 2.49. The lowest BCUT2D eigenvalue weighted by Gasteiger charge is -2.06. The van der Waals surface area contributed by atoms with Gasteiger partial charge in [-0.1, -0.05) is 6.92 Å². The smallest absolute Gasteiger partial charge is 0.330 e. The molecule has 1 heterocycles. The molecule has 0 atom stereocenters. The molecule has 1 aromatic carbocycles. The molecule has 4 nitrogen and oxygen atoms in total. The first-order valence-electron chi connectivity index (χ1n) is 5.20. The van der Waals surface area contributed by atoms with Crippen LogP contribution in [0.2, 0.25) is 0 Å². The van der Waals surface area contributed by atoms with Crippen molar-refractivity contribution in [2.24, 2.45) is 0 Å². The standard InChI is InChI=1S/C12H14N2O2/c1-3-9-8-13-12(15)14(9)10-4-6-11(16-2)7-5-10/h4-8H,3H2,1-2H3,(H,13,15). The zero-order valence-electron chi connectivity index (χ0n) is 9.36. The third-order valence-corrected chi connectivity index (χ3v) is 2.55. The third kappa shape index (κ3) is 1.74. The zero-order chi connectivity index (χ0) is 11.5. The molecule has 0 radical (unpaired) electrons. The molecule has 0 aliphatic heterocycles. The van der Waals surface area contributed by atoms with Gasteiger partial charge in [-0.25, -0.2) is 4.79 Å². The highest BCUT2D eigenvalue weighted by Gasteiger charge is 2.06. The highest BCUT2D eigenvalue weighted by molar-refractivity contribution is 5.38. The second-order valence-electron chi connectivity index (χ2n) is 3.47. The molecule has 0 spiro atoms. The Labute approximate surface area is 93.5 Å². The molecule has 0 unspecified atom stereocenters.